The number of fused-ring (bicyclic) bond motifs is 1. The molecule has 1 aromatic heterocycles. The van der Waals surface area contributed by atoms with E-state index in [9.17, 15) is 4.79 Å². The van der Waals surface area contributed by atoms with Crippen molar-refractivity contribution in [2.45, 2.75) is 58.9 Å². The molecule has 200 valence electrons. The summed E-state index contributed by atoms with van der Waals surface area (Å²) in [4.78, 5) is 17.3. The van der Waals surface area contributed by atoms with Gasteiger partial charge in [0.05, 0.1) is 24.8 Å². The molecule has 4 rings (SSSR count). The number of imidazole rings is 1. The van der Waals surface area contributed by atoms with Crippen molar-refractivity contribution in [2.24, 2.45) is 0 Å². The molecule has 1 heterocycles. The van der Waals surface area contributed by atoms with Crippen molar-refractivity contribution < 1.29 is 14.3 Å². The zero-order valence-corrected chi connectivity index (χ0v) is 22.8. The van der Waals surface area contributed by atoms with Crippen LogP contribution in [-0.4, -0.2) is 35.7 Å². The predicted molar refractivity (Wildman–Crippen MR) is 153 cm³/mol. The van der Waals surface area contributed by atoms with Gasteiger partial charge in [0.1, 0.15) is 17.3 Å². The summed E-state index contributed by atoms with van der Waals surface area (Å²) in [5, 5.41) is 3.01. The van der Waals surface area contributed by atoms with Gasteiger partial charge in [0, 0.05) is 25.1 Å². The zero-order chi connectivity index (χ0) is 26.7. The SMILES string of the molecule is COc1ccc(C(=O)NCCCCCc2nc3ccccc3n2CCCCOc2ccc(C)cc2C)cc1. The van der Waals surface area contributed by atoms with Crippen LogP contribution in [0.2, 0.25) is 0 Å². The normalized spacial score (nSPS) is 11.0. The Kier molecular flexibility index (Phi) is 9.79. The number of methoxy groups -OCH3 is 1. The van der Waals surface area contributed by atoms with Gasteiger partial charge in [-0.3, -0.25) is 4.79 Å². The molecule has 0 unspecified atom stereocenters. The lowest BCUT2D eigenvalue weighted by atomic mass is 10.1. The Balaban J connectivity index is 1.21. The monoisotopic (exact) mass is 513 g/mol. The zero-order valence-electron chi connectivity index (χ0n) is 22.8. The van der Waals surface area contributed by atoms with Crippen molar-refractivity contribution in [3.8, 4) is 11.5 Å². The Hall–Kier alpha value is -3.80. The number of carbonyl (C=O) groups is 1. The van der Waals surface area contributed by atoms with Crippen LogP contribution >= 0.6 is 0 Å². The molecule has 4 aromatic rings. The maximum absolute atomic E-state index is 12.3. The molecule has 6 nitrogen and oxygen atoms in total. The van der Waals surface area contributed by atoms with Gasteiger partial charge in [0.15, 0.2) is 0 Å². The molecule has 1 N–H and O–H groups in total. The van der Waals surface area contributed by atoms with E-state index in [1.807, 2.05) is 6.07 Å². The number of aryl methyl sites for hydroxylation is 4. The Bertz CT molecular complexity index is 1330. The molecule has 0 bridgehead atoms. The van der Waals surface area contributed by atoms with Gasteiger partial charge in [-0.05, 0) is 87.6 Å². The van der Waals surface area contributed by atoms with Crippen molar-refractivity contribution in [1.82, 2.24) is 14.9 Å². The third-order valence-corrected chi connectivity index (χ3v) is 6.81. The summed E-state index contributed by atoms with van der Waals surface area (Å²) in [6, 6.07) is 21.9. The fourth-order valence-corrected chi connectivity index (χ4v) is 4.71. The number of para-hydroxylation sites is 2. The lowest BCUT2D eigenvalue weighted by Gasteiger charge is -2.12. The molecule has 1 amide bonds. The maximum atomic E-state index is 12.3. The minimum Gasteiger partial charge on any atom is -0.497 e. The number of unbranched alkanes of at least 4 members (excludes halogenated alkanes) is 3. The highest BCUT2D eigenvalue weighted by molar-refractivity contribution is 5.94. The average molecular weight is 514 g/mol. The first kappa shape index (κ1) is 27.2. The first-order chi connectivity index (χ1) is 18.5. The Morgan fingerprint density at radius 1 is 0.921 bits per heavy atom. The highest BCUT2D eigenvalue weighted by Gasteiger charge is 2.11. The summed E-state index contributed by atoms with van der Waals surface area (Å²) in [5.41, 5.74) is 5.35. The Morgan fingerprint density at radius 3 is 2.53 bits per heavy atom. The molecular formula is C32H39N3O3. The van der Waals surface area contributed by atoms with Crippen LogP contribution in [0.4, 0.5) is 0 Å². The molecule has 0 aliphatic carbocycles. The van der Waals surface area contributed by atoms with Crippen molar-refractivity contribution >= 4 is 16.9 Å². The summed E-state index contributed by atoms with van der Waals surface area (Å²) in [5.74, 6) is 2.82. The molecular weight excluding hydrogens is 474 g/mol. The molecule has 0 spiro atoms. The lowest BCUT2D eigenvalue weighted by Crippen LogP contribution is -2.24. The number of nitrogens with one attached hydrogen (secondary N) is 1. The van der Waals surface area contributed by atoms with Crippen molar-refractivity contribution in [1.29, 1.82) is 0 Å². The van der Waals surface area contributed by atoms with Crippen LogP contribution < -0.4 is 14.8 Å². The van der Waals surface area contributed by atoms with E-state index < -0.39 is 0 Å². The van der Waals surface area contributed by atoms with Crippen LogP contribution in [-0.2, 0) is 13.0 Å². The maximum Gasteiger partial charge on any atom is 0.251 e. The Morgan fingerprint density at radius 2 is 1.74 bits per heavy atom. The van der Waals surface area contributed by atoms with Crippen LogP contribution in [0.15, 0.2) is 66.7 Å². The highest BCUT2D eigenvalue weighted by Crippen LogP contribution is 2.21. The first-order valence-corrected chi connectivity index (χ1v) is 13.6. The van der Waals surface area contributed by atoms with E-state index in [1.54, 1.807) is 31.4 Å². The van der Waals surface area contributed by atoms with E-state index in [1.165, 1.54) is 16.6 Å². The van der Waals surface area contributed by atoms with E-state index in [-0.39, 0.29) is 5.91 Å². The molecule has 0 atom stereocenters. The topological polar surface area (TPSA) is 65.4 Å². The minimum absolute atomic E-state index is 0.0454. The molecule has 0 aliphatic heterocycles. The average Bonchev–Trinajstić information content (AvgIpc) is 3.28. The fourth-order valence-electron chi connectivity index (χ4n) is 4.71. The van der Waals surface area contributed by atoms with Gasteiger partial charge in [-0.1, -0.05) is 36.2 Å². The summed E-state index contributed by atoms with van der Waals surface area (Å²) >= 11 is 0. The summed E-state index contributed by atoms with van der Waals surface area (Å²) < 4.78 is 13.5. The van der Waals surface area contributed by atoms with Crippen LogP contribution in [0, 0.1) is 13.8 Å². The van der Waals surface area contributed by atoms with Gasteiger partial charge >= 0.3 is 0 Å². The fraction of sp³-hybridized carbons (Fsp3) is 0.375. The van der Waals surface area contributed by atoms with E-state index in [2.05, 4.69) is 60.1 Å². The number of hydrogen-bond donors (Lipinski definition) is 1. The van der Waals surface area contributed by atoms with Gasteiger partial charge < -0.3 is 19.4 Å². The van der Waals surface area contributed by atoms with Gasteiger partial charge in [0.2, 0.25) is 0 Å². The van der Waals surface area contributed by atoms with Crippen molar-refractivity contribution in [3.05, 3.63) is 89.2 Å². The largest absolute Gasteiger partial charge is 0.497 e. The number of aromatic nitrogens is 2. The van der Waals surface area contributed by atoms with Crippen LogP contribution in [0.5, 0.6) is 11.5 Å². The number of nitrogens with zero attached hydrogens (tertiary/aromatic N) is 2. The molecule has 6 heteroatoms. The summed E-state index contributed by atoms with van der Waals surface area (Å²) in [6.45, 7) is 6.52. The highest BCUT2D eigenvalue weighted by atomic mass is 16.5. The molecule has 0 aliphatic rings. The summed E-state index contributed by atoms with van der Waals surface area (Å²) in [7, 11) is 1.62. The van der Waals surface area contributed by atoms with E-state index in [0.29, 0.717) is 18.7 Å². The number of ether oxygens (including phenoxy) is 2. The van der Waals surface area contributed by atoms with Gasteiger partial charge in [-0.2, -0.15) is 0 Å². The van der Waals surface area contributed by atoms with Gasteiger partial charge in [-0.15, -0.1) is 0 Å². The number of rotatable bonds is 14. The molecule has 0 fully saturated rings. The van der Waals surface area contributed by atoms with Crippen molar-refractivity contribution in [3.63, 3.8) is 0 Å². The molecule has 0 radical (unpaired) electrons. The van der Waals surface area contributed by atoms with Crippen LogP contribution in [0.3, 0.4) is 0 Å². The van der Waals surface area contributed by atoms with Gasteiger partial charge in [0.25, 0.3) is 5.91 Å². The third kappa shape index (κ3) is 7.37. The number of benzene rings is 3. The van der Waals surface area contributed by atoms with Crippen LogP contribution in [0.25, 0.3) is 11.0 Å². The van der Waals surface area contributed by atoms with E-state index in [4.69, 9.17) is 14.5 Å². The molecule has 3 aromatic carbocycles. The lowest BCUT2D eigenvalue weighted by molar-refractivity contribution is 0.0953. The van der Waals surface area contributed by atoms with E-state index >= 15 is 0 Å². The van der Waals surface area contributed by atoms with Crippen LogP contribution in [0.1, 0.15) is 59.4 Å². The number of carbonyl (C=O) groups excluding carboxylic acids is 1. The standard InChI is InChI=1S/C32H39N3O3/c1-24-14-19-30(25(2)23-24)38-22-10-9-21-35-29-12-7-6-11-28(29)34-31(35)13-5-4-8-20-33-32(36)26-15-17-27(37-3)18-16-26/h6-7,11-12,14-19,23H,4-5,8-10,13,20-22H2,1-3H3,(H,33,36). The smallest absolute Gasteiger partial charge is 0.251 e. The first-order valence-electron chi connectivity index (χ1n) is 13.6. The summed E-state index contributed by atoms with van der Waals surface area (Å²) in [6.07, 6.45) is 5.98. The molecule has 0 saturated carbocycles. The quantitative estimate of drug-likeness (QED) is 0.191. The third-order valence-electron chi connectivity index (χ3n) is 6.81. The molecule has 0 saturated heterocycles. The van der Waals surface area contributed by atoms with Crippen molar-refractivity contribution in [2.75, 3.05) is 20.3 Å². The van der Waals surface area contributed by atoms with Gasteiger partial charge in [-0.25, -0.2) is 4.98 Å². The Labute approximate surface area is 226 Å². The second kappa shape index (κ2) is 13.7. The predicted octanol–water partition coefficient (Wildman–Crippen LogP) is 6.66. The van der Waals surface area contributed by atoms with E-state index in [0.717, 1.165) is 67.9 Å². The minimum atomic E-state index is -0.0454. The second-order valence-electron chi connectivity index (χ2n) is 9.79. The number of amides is 1. The second-order valence-corrected chi connectivity index (χ2v) is 9.79. The number of hydrogen-bond acceptors (Lipinski definition) is 4. The molecule has 38 heavy (non-hydrogen) atoms.